The summed E-state index contributed by atoms with van der Waals surface area (Å²) in [5.41, 5.74) is 1.25. The predicted octanol–water partition coefficient (Wildman–Crippen LogP) is 3.75. The van der Waals surface area contributed by atoms with E-state index in [4.69, 9.17) is 0 Å². The summed E-state index contributed by atoms with van der Waals surface area (Å²) in [5.74, 6) is 0. The van der Waals surface area contributed by atoms with E-state index < -0.39 is 12.7 Å². The fourth-order valence-electron chi connectivity index (χ4n) is 2.93. The third-order valence-electron chi connectivity index (χ3n) is 4.04. The van der Waals surface area contributed by atoms with Gasteiger partial charge in [0.15, 0.2) is 0 Å². The average molecular weight is 300 g/mol. The van der Waals surface area contributed by atoms with Gasteiger partial charge in [-0.05, 0) is 37.9 Å². The number of benzene rings is 1. The number of piperidine rings is 1. The first kappa shape index (κ1) is 16.3. The van der Waals surface area contributed by atoms with Crippen molar-refractivity contribution in [3.63, 3.8) is 0 Å². The van der Waals surface area contributed by atoms with Gasteiger partial charge in [0, 0.05) is 12.1 Å². The zero-order valence-corrected chi connectivity index (χ0v) is 12.4. The first-order chi connectivity index (χ1) is 9.98. The summed E-state index contributed by atoms with van der Waals surface area (Å²) in [7, 11) is 0. The van der Waals surface area contributed by atoms with E-state index in [1.165, 1.54) is 10.5 Å². The number of hydrogen-bond donors (Lipinski definition) is 1. The summed E-state index contributed by atoms with van der Waals surface area (Å²) >= 11 is 0. The summed E-state index contributed by atoms with van der Waals surface area (Å²) in [6, 6.07) is 10.8. The fourth-order valence-corrected chi connectivity index (χ4v) is 2.93. The van der Waals surface area contributed by atoms with Crippen LogP contribution < -0.4 is 5.32 Å². The van der Waals surface area contributed by atoms with E-state index in [0.29, 0.717) is 19.1 Å². The average Bonchev–Trinajstić information content (AvgIpc) is 2.46. The summed E-state index contributed by atoms with van der Waals surface area (Å²) < 4.78 is 37.1. The quantitative estimate of drug-likeness (QED) is 0.891. The van der Waals surface area contributed by atoms with Crippen LogP contribution in [0.1, 0.15) is 37.8 Å². The molecule has 1 saturated heterocycles. The molecule has 118 valence electrons. The summed E-state index contributed by atoms with van der Waals surface area (Å²) in [4.78, 5) is 1.50. The number of rotatable bonds is 5. The van der Waals surface area contributed by atoms with Crippen LogP contribution in [0.4, 0.5) is 13.2 Å². The number of hydrogen-bond acceptors (Lipinski definition) is 2. The molecule has 2 nitrogen and oxygen atoms in total. The van der Waals surface area contributed by atoms with Gasteiger partial charge in [-0.25, -0.2) is 0 Å². The molecule has 1 aliphatic heterocycles. The maximum atomic E-state index is 12.4. The molecule has 5 heteroatoms. The van der Waals surface area contributed by atoms with Crippen molar-refractivity contribution in [2.75, 3.05) is 19.6 Å². The molecule has 0 spiro atoms. The lowest BCUT2D eigenvalue weighted by atomic mass is 9.99. The van der Waals surface area contributed by atoms with Crippen LogP contribution in [0.5, 0.6) is 0 Å². The SMILES string of the molecule is CCC(NC1CCN(CC(F)(F)F)CC1)c1ccccc1. The smallest absolute Gasteiger partial charge is 0.307 e. The first-order valence-electron chi connectivity index (χ1n) is 7.58. The molecule has 0 amide bonds. The van der Waals surface area contributed by atoms with Crippen molar-refractivity contribution in [2.24, 2.45) is 0 Å². The lowest BCUT2D eigenvalue weighted by Gasteiger charge is -2.34. The van der Waals surface area contributed by atoms with Crippen molar-refractivity contribution in [2.45, 2.75) is 44.4 Å². The number of alkyl halides is 3. The Morgan fingerprint density at radius 2 is 1.81 bits per heavy atom. The summed E-state index contributed by atoms with van der Waals surface area (Å²) in [6.07, 6.45) is -1.55. The van der Waals surface area contributed by atoms with E-state index in [1.54, 1.807) is 0 Å². The van der Waals surface area contributed by atoms with Crippen LogP contribution in [0.3, 0.4) is 0 Å². The molecule has 0 saturated carbocycles. The Hall–Kier alpha value is -1.07. The van der Waals surface area contributed by atoms with Gasteiger partial charge in [-0.1, -0.05) is 37.3 Å². The van der Waals surface area contributed by atoms with Crippen LogP contribution in [0.15, 0.2) is 30.3 Å². The van der Waals surface area contributed by atoms with Gasteiger partial charge in [0.25, 0.3) is 0 Å². The molecule has 1 fully saturated rings. The molecule has 21 heavy (non-hydrogen) atoms. The molecule has 1 atom stereocenters. The predicted molar refractivity (Wildman–Crippen MR) is 78.1 cm³/mol. The van der Waals surface area contributed by atoms with Crippen LogP contribution in [0.25, 0.3) is 0 Å². The van der Waals surface area contributed by atoms with Gasteiger partial charge in [0.05, 0.1) is 6.54 Å². The molecular weight excluding hydrogens is 277 g/mol. The lowest BCUT2D eigenvalue weighted by molar-refractivity contribution is -0.148. The van der Waals surface area contributed by atoms with E-state index in [2.05, 4.69) is 24.4 Å². The molecule has 0 radical (unpaired) electrons. The van der Waals surface area contributed by atoms with Gasteiger partial charge in [-0.15, -0.1) is 0 Å². The molecule has 1 heterocycles. The Morgan fingerprint density at radius 1 is 1.19 bits per heavy atom. The van der Waals surface area contributed by atoms with Gasteiger partial charge in [0.1, 0.15) is 0 Å². The Bertz CT molecular complexity index is 411. The van der Waals surface area contributed by atoms with Crippen LogP contribution >= 0.6 is 0 Å². The molecule has 1 aromatic rings. The Kier molecular flexibility index (Phi) is 5.65. The van der Waals surface area contributed by atoms with Gasteiger partial charge < -0.3 is 5.32 Å². The number of halogens is 3. The van der Waals surface area contributed by atoms with E-state index in [9.17, 15) is 13.2 Å². The van der Waals surface area contributed by atoms with Crippen molar-refractivity contribution in [1.29, 1.82) is 0 Å². The number of nitrogens with one attached hydrogen (secondary N) is 1. The molecule has 0 aromatic heterocycles. The first-order valence-corrected chi connectivity index (χ1v) is 7.58. The molecule has 0 bridgehead atoms. The highest BCUT2D eigenvalue weighted by Gasteiger charge is 2.32. The van der Waals surface area contributed by atoms with Crippen molar-refractivity contribution in [3.05, 3.63) is 35.9 Å². The molecule has 1 unspecified atom stereocenters. The second-order valence-electron chi connectivity index (χ2n) is 5.70. The van der Waals surface area contributed by atoms with Crippen LogP contribution in [-0.2, 0) is 0 Å². The Morgan fingerprint density at radius 3 is 2.33 bits per heavy atom. The zero-order valence-electron chi connectivity index (χ0n) is 12.4. The maximum absolute atomic E-state index is 12.4. The summed E-state index contributed by atoms with van der Waals surface area (Å²) in [6.45, 7) is 2.38. The van der Waals surface area contributed by atoms with E-state index in [1.807, 2.05) is 18.2 Å². The minimum Gasteiger partial charge on any atom is -0.307 e. The molecular formula is C16H23F3N2. The van der Waals surface area contributed by atoms with Gasteiger partial charge in [0.2, 0.25) is 0 Å². The standard InChI is InChI=1S/C16H23F3N2/c1-2-15(13-6-4-3-5-7-13)20-14-8-10-21(11-9-14)12-16(17,18)19/h3-7,14-15,20H,2,8-12H2,1H3. The molecule has 0 aliphatic carbocycles. The van der Waals surface area contributed by atoms with Crippen LogP contribution in [0.2, 0.25) is 0 Å². The number of likely N-dealkylation sites (tertiary alicyclic amines) is 1. The highest BCUT2D eigenvalue weighted by Crippen LogP contribution is 2.22. The highest BCUT2D eigenvalue weighted by molar-refractivity contribution is 5.18. The Labute approximate surface area is 124 Å². The third-order valence-corrected chi connectivity index (χ3v) is 4.04. The monoisotopic (exact) mass is 300 g/mol. The Balaban J connectivity index is 1.82. The largest absolute Gasteiger partial charge is 0.401 e. The van der Waals surface area contributed by atoms with E-state index in [0.717, 1.165) is 19.3 Å². The fraction of sp³-hybridized carbons (Fsp3) is 0.625. The highest BCUT2D eigenvalue weighted by atomic mass is 19.4. The van der Waals surface area contributed by atoms with Gasteiger partial charge in [-0.3, -0.25) is 4.90 Å². The minimum absolute atomic E-state index is 0.283. The van der Waals surface area contributed by atoms with Crippen molar-refractivity contribution < 1.29 is 13.2 Å². The van der Waals surface area contributed by atoms with E-state index in [-0.39, 0.29) is 6.04 Å². The van der Waals surface area contributed by atoms with Crippen LogP contribution in [-0.4, -0.2) is 36.8 Å². The van der Waals surface area contributed by atoms with E-state index >= 15 is 0 Å². The van der Waals surface area contributed by atoms with Gasteiger partial charge in [-0.2, -0.15) is 13.2 Å². The zero-order chi connectivity index (χ0) is 15.3. The lowest BCUT2D eigenvalue weighted by Crippen LogP contribution is -2.46. The normalized spacial score (nSPS) is 19.6. The third kappa shape index (κ3) is 5.32. The molecule has 2 rings (SSSR count). The topological polar surface area (TPSA) is 15.3 Å². The summed E-state index contributed by atoms with van der Waals surface area (Å²) in [5, 5.41) is 3.60. The number of nitrogens with zero attached hydrogens (tertiary/aromatic N) is 1. The molecule has 1 aromatic carbocycles. The van der Waals surface area contributed by atoms with Crippen molar-refractivity contribution >= 4 is 0 Å². The second-order valence-corrected chi connectivity index (χ2v) is 5.70. The molecule has 1 N–H and O–H groups in total. The van der Waals surface area contributed by atoms with Crippen molar-refractivity contribution in [1.82, 2.24) is 10.2 Å². The maximum Gasteiger partial charge on any atom is 0.401 e. The second kappa shape index (κ2) is 7.27. The van der Waals surface area contributed by atoms with Gasteiger partial charge >= 0.3 is 6.18 Å². The van der Waals surface area contributed by atoms with Crippen molar-refractivity contribution in [3.8, 4) is 0 Å². The molecule has 1 aliphatic rings. The van der Waals surface area contributed by atoms with Crippen LogP contribution in [0, 0.1) is 0 Å². The minimum atomic E-state index is -4.09.